The van der Waals surface area contributed by atoms with Gasteiger partial charge < -0.3 is 0 Å². The molecule has 1 aromatic carbocycles. The summed E-state index contributed by atoms with van der Waals surface area (Å²) in [6, 6.07) is 8.49. The molecule has 2 aromatic rings. The van der Waals surface area contributed by atoms with E-state index in [1.807, 2.05) is 10.9 Å². The van der Waals surface area contributed by atoms with Crippen LogP contribution in [0.15, 0.2) is 30.5 Å². The topological polar surface area (TPSA) is 30.7 Å². The minimum Gasteiger partial charge on any atom is -0.220 e. The van der Waals surface area contributed by atoms with Crippen molar-refractivity contribution < 1.29 is 0 Å². The summed E-state index contributed by atoms with van der Waals surface area (Å²) in [4.78, 5) is 0. The van der Waals surface area contributed by atoms with Gasteiger partial charge in [-0.3, -0.25) is 0 Å². The Bertz CT molecular complexity index is 515. The predicted molar refractivity (Wildman–Crippen MR) is 74.1 cm³/mol. The monoisotopic (exact) mass is 243 g/mol. The molecule has 0 aliphatic rings. The van der Waals surface area contributed by atoms with Gasteiger partial charge in [0.15, 0.2) is 0 Å². The molecule has 0 aliphatic heterocycles. The maximum absolute atomic E-state index is 4.23. The first-order valence-corrected chi connectivity index (χ1v) is 6.41. The smallest absolute Gasteiger partial charge is 0.0885 e. The summed E-state index contributed by atoms with van der Waals surface area (Å²) in [6.45, 7) is 10.8. The van der Waals surface area contributed by atoms with Crippen LogP contribution in [0.5, 0.6) is 0 Å². The van der Waals surface area contributed by atoms with Crippen LogP contribution in [-0.2, 0) is 5.41 Å². The van der Waals surface area contributed by atoms with Crippen molar-refractivity contribution in [3.05, 3.63) is 41.7 Å². The highest BCUT2D eigenvalue weighted by atomic mass is 15.4. The molecule has 0 bridgehead atoms. The molecule has 0 radical (unpaired) electrons. The molecule has 0 spiro atoms. The summed E-state index contributed by atoms with van der Waals surface area (Å²) in [7, 11) is 0. The van der Waals surface area contributed by atoms with Crippen LogP contribution in [0.2, 0.25) is 0 Å². The number of hydrogen-bond donors (Lipinski definition) is 0. The van der Waals surface area contributed by atoms with Crippen LogP contribution in [0, 0.1) is 0 Å². The van der Waals surface area contributed by atoms with Gasteiger partial charge in [-0.2, -0.15) is 0 Å². The Kier molecular flexibility index (Phi) is 3.24. The number of hydrogen-bond acceptors (Lipinski definition) is 2. The first kappa shape index (κ1) is 12.8. The zero-order chi connectivity index (χ0) is 13.3. The molecule has 18 heavy (non-hydrogen) atoms. The van der Waals surface area contributed by atoms with Crippen molar-refractivity contribution in [1.82, 2.24) is 15.0 Å². The molecule has 1 heterocycles. The third-order valence-electron chi connectivity index (χ3n) is 3.09. The van der Waals surface area contributed by atoms with Gasteiger partial charge in [-0.15, -0.1) is 5.10 Å². The summed E-state index contributed by atoms with van der Waals surface area (Å²) in [5, 5.41) is 8.43. The molecule has 0 saturated heterocycles. The van der Waals surface area contributed by atoms with E-state index in [0.29, 0.717) is 5.92 Å². The molecule has 96 valence electrons. The van der Waals surface area contributed by atoms with Crippen molar-refractivity contribution in [2.24, 2.45) is 0 Å². The zero-order valence-electron chi connectivity index (χ0n) is 11.8. The van der Waals surface area contributed by atoms with Gasteiger partial charge in [0.05, 0.1) is 17.6 Å². The fourth-order valence-corrected chi connectivity index (χ4v) is 1.75. The highest BCUT2D eigenvalue weighted by Crippen LogP contribution is 2.21. The molecule has 3 nitrogen and oxygen atoms in total. The van der Waals surface area contributed by atoms with E-state index in [2.05, 4.69) is 69.2 Å². The zero-order valence-corrected chi connectivity index (χ0v) is 11.8. The van der Waals surface area contributed by atoms with E-state index in [9.17, 15) is 0 Å². The molecule has 0 atom stereocenters. The Morgan fingerprint density at radius 3 is 2.11 bits per heavy atom. The van der Waals surface area contributed by atoms with E-state index < -0.39 is 0 Å². The largest absolute Gasteiger partial charge is 0.220 e. The SMILES string of the molecule is CC(C)c1ccc(-n2cc(C(C)(C)C)nn2)cc1. The van der Waals surface area contributed by atoms with Crippen molar-refractivity contribution in [3.8, 4) is 5.69 Å². The van der Waals surface area contributed by atoms with E-state index in [1.165, 1.54) is 5.56 Å². The van der Waals surface area contributed by atoms with Crippen molar-refractivity contribution in [3.63, 3.8) is 0 Å². The van der Waals surface area contributed by atoms with Crippen LogP contribution in [0.25, 0.3) is 5.69 Å². The van der Waals surface area contributed by atoms with Gasteiger partial charge in [-0.1, -0.05) is 52.0 Å². The van der Waals surface area contributed by atoms with Crippen LogP contribution in [0.3, 0.4) is 0 Å². The molecule has 0 saturated carbocycles. The lowest BCUT2D eigenvalue weighted by Crippen LogP contribution is -2.11. The first-order valence-electron chi connectivity index (χ1n) is 6.41. The second-order valence-electron chi connectivity index (χ2n) is 6.04. The number of aromatic nitrogens is 3. The van der Waals surface area contributed by atoms with E-state index in [-0.39, 0.29) is 5.41 Å². The molecule has 1 aromatic heterocycles. The Balaban J connectivity index is 2.29. The van der Waals surface area contributed by atoms with Crippen molar-refractivity contribution in [1.29, 1.82) is 0 Å². The molecule has 0 amide bonds. The van der Waals surface area contributed by atoms with Gasteiger partial charge in [0, 0.05) is 5.41 Å². The minimum atomic E-state index is 0.0378. The highest BCUT2D eigenvalue weighted by molar-refractivity contribution is 5.35. The van der Waals surface area contributed by atoms with Gasteiger partial charge in [0.1, 0.15) is 0 Å². The predicted octanol–water partition coefficient (Wildman–Crippen LogP) is 3.69. The summed E-state index contributed by atoms with van der Waals surface area (Å²) in [5.41, 5.74) is 3.45. The third-order valence-corrected chi connectivity index (χ3v) is 3.09. The van der Waals surface area contributed by atoms with Crippen LogP contribution in [-0.4, -0.2) is 15.0 Å². The molecular formula is C15H21N3. The Labute approximate surface area is 109 Å². The number of benzene rings is 1. The fraction of sp³-hybridized carbons (Fsp3) is 0.467. The number of rotatable bonds is 2. The average molecular weight is 243 g/mol. The summed E-state index contributed by atoms with van der Waals surface area (Å²) in [6.07, 6.45) is 2.00. The van der Waals surface area contributed by atoms with E-state index in [1.54, 1.807) is 0 Å². The average Bonchev–Trinajstić information content (AvgIpc) is 2.78. The van der Waals surface area contributed by atoms with Gasteiger partial charge >= 0.3 is 0 Å². The molecule has 2 rings (SSSR count). The summed E-state index contributed by atoms with van der Waals surface area (Å²) < 4.78 is 1.84. The molecular weight excluding hydrogens is 222 g/mol. The molecule has 0 unspecified atom stereocenters. The summed E-state index contributed by atoms with van der Waals surface area (Å²) >= 11 is 0. The standard InChI is InChI=1S/C15H21N3/c1-11(2)12-6-8-13(9-7-12)18-10-14(16-17-18)15(3,4)5/h6-11H,1-5H3. The van der Waals surface area contributed by atoms with Crippen molar-refractivity contribution in [2.75, 3.05) is 0 Å². The Morgan fingerprint density at radius 2 is 1.67 bits per heavy atom. The molecule has 0 N–H and O–H groups in total. The van der Waals surface area contributed by atoms with Crippen LogP contribution < -0.4 is 0 Å². The van der Waals surface area contributed by atoms with Gasteiger partial charge in [-0.05, 0) is 23.6 Å². The molecule has 3 heteroatoms. The Morgan fingerprint density at radius 1 is 1.06 bits per heavy atom. The summed E-state index contributed by atoms with van der Waals surface area (Å²) in [5.74, 6) is 0.555. The van der Waals surface area contributed by atoms with Gasteiger partial charge in [0.2, 0.25) is 0 Å². The maximum atomic E-state index is 4.23. The van der Waals surface area contributed by atoms with Gasteiger partial charge in [-0.25, -0.2) is 4.68 Å². The number of nitrogens with zero attached hydrogens (tertiary/aromatic N) is 3. The second-order valence-corrected chi connectivity index (χ2v) is 6.04. The van der Waals surface area contributed by atoms with Crippen LogP contribution >= 0.6 is 0 Å². The van der Waals surface area contributed by atoms with Crippen molar-refractivity contribution >= 4 is 0 Å². The molecule has 0 fully saturated rings. The normalized spacial score (nSPS) is 12.1. The lowest BCUT2D eigenvalue weighted by Gasteiger charge is -2.13. The van der Waals surface area contributed by atoms with Crippen LogP contribution in [0.1, 0.15) is 51.8 Å². The minimum absolute atomic E-state index is 0.0378. The fourth-order valence-electron chi connectivity index (χ4n) is 1.75. The lowest BCUT2D eigenvalue weighted by molar-refractivity contribution is 0.566. The van der Waals surface area contributed by atoms with E-state index in [4.69, 9.17) is 0 Å². The van der Waals surface area contributed by atoms with Gasteiger partial charge in [0.25, 0.3) is 0 Å². The lowest BCUT2D eigenvalue weighted by atomic mass is 9.93. The highest BCUT2D eigenvalue weighted by Gasteiger charge is 2.18. The second kappa shape index (κ2) is 4.56. The van der Waals surface area contributed by atoms with Crippen molar-refractivity contribution in [2.45, 2.75) is 46.0 Å². The van der Waals surface area contributed by atoms with E-state index >= 15 is 0 Å². The third kappa shape index (κ3) is 2.61. The van der Waals surface area contributed by atoms with E-state index in [0.717, 1.165) is 11.4 Å². The van der Waals surface area contributed by atoms with Crippen LogP contribution in [0.4, 0.5) is 0 Å². The molecule has 0 aliphatic carbocycles. The quantitative estimate of drug-likeness (QED) is 0.805. The first-order chi connectivity index (χ1) is 8.38. The maximum Gasteiger partial charge on any atom is 0.0885 e. The Hall–Kier alpha value is -1.64.